The van der Waals surface area contributed by atoms with Crippen molar-refractivity contribution in [3.63, 3.8) is 0 Å². The van der Waals surface area contributed by atoms with Crippen LogP contribution in [0.25, 0.3) is 0 Å². The van der Waals surface area contributed by atoms with Gasteiger partial charge in [-0.1, -0.05) is 26.0 Å². The van der Waals surface area contributed by atoms with Gasteiger partial charge in [-0.25, -0.2) is 0 Å². The highest BCUT2D eigenvalue weighted by Gasteiger charge is 2.15. The van der Waals surface area contributed by atoms with E-state index in [2.05, 4.69) is 38.1 Å². The Morgan fingerprint density at radius 2 is 2.06 bits per heavy atom. The maximum atomic E-state index is 5.89. The maximum Gasteiger partial charge on any atom is 0.122 e. The predicted molar refractivity (Wildman–Crippen MR) is 69.5 cm³/mol. The second-order valence-electron chi connectivity index (χ2n) is 5.20. The molecule has 94 valence electrons. The smallest absolute Gasteiger partial charge is 0.122 e. The van der Waals surface area contributed by atoms with E-state index >= 15 is 0 Å². The zero-order valence-electron chi connectivity index (χ0n) is 10.8. The lowest BCUT2D eigenvalue weighted by molar-refractivity contribution is 0.00742. The molecule has 0 radical (unpaired) electrons. The zero-order valence-corrected chi connectivity index (χ0v) is 10.8. The maximum absolute atomic E-state index is 5.89. The first-order valence-corrected chi connectivity index (χ1v) is 6.57. The van der Waals surface area contributed by atoms with E-state index in [1.54, 1.807) is 0 Å². The van der Waals surface area contributed by atoms with Crippen molar-refractivity contribution in [2.24, 2.45) is 5.92 Å². The lowest BCUT2D eigenvalue weighted by atomic mass is 10.0. The van der Waals surface area contributed by atoms with Gasteiger partial charge in [0.05, 0.1) is 6.61 Å². The van der Waals surface area contributed by atoms with Gasteiger partial charge >= 0.3 is 0 Å². The summed E-state index contributed by atoms with van der Waals surface area (Å²) in [5.74, 6) is 1.67. The quantitative estimate of drug-likeness (QED) is 0.794. The van der Waals surface area contributed by atoms with E-state index in [1.165, 1.54) is 5.56 Å². The molecule has 0 aromatic heterocycles. The molecule has 2 heteroatoms. The fraction of sp³-hybridized carbons (Fsp3) is 0.600. The van der Waals surface area contributed by atoms with Crippen molar-refractivity contribution in [1.29, 1.82) is 0 Å². The minimum absolute atomic E-state index is 0.236. The number of hydrogen-bond donors (Lipinski definition) is 0. The third-order valence-corrected chi connectivity index (χ3v) is 2.99. The van der Waals surface area contributed by atoms with Gasteiger partial charge in [-0.2, -0.15) is 0 Å². The van der Waals surface area contributed by atoms with E-state index < -0.39 is 0 Å². The first-order chi connectivity index (χ1) is 8.24. The van der Waals surface area contributed by atoms with Gasteiger partial charge in [-0.3, -0.25) is 0 Å². The van der Waals surface area contributed by atoms with Crippen LogP contribution >= 0.6 is 0 Å². The molecule has 1 aromatic carbocycles. The number of ether oxygens (including phenoxy) is 2. The third kappa shape index (κ3) is 4.04. The molecule has 0 amide bonds. The molecule has 1 aliphatic heterocycles. The first-order valence-electron chi connectivity index (χ1n) is 6.57. The van der Waals surface area contributed by atoms with Gasteiger partial charge in [0.2, 0.25) is 0 Å². The molecule has 0 saturated carbocycles. The minimum atomic E-state index is 0.236. The first kappa shape index (κ1) is 12.4. The topological polar surface area (TPSA) is 18.5 Å². The Bertz CT molecular complexity index is 323. The Labute approximate surface area is 104 Å². The normalized spacial score (nSPS) is 20.5. The van der Waals surface area contributed by atoms with Gasteiger partial charge in [0, 0.05) is 6.61 Å². The second kappa shape index (κ2) is 6.06. The molecule has 0 spiro atoms. The highest BCUT2D eigenvalue weighted by molar-refractivity contribution is 5.27. The summed E-state index contributed by atoms with van der Waals surface area (Å²) in [6.07, 6.45) is 3.58. The monoisotopic (exact) mass is 234 g/mol. The molecule has 1 aliphatic rings. The molecule has 0 aliphatic carbocycles. The summed E-state index contributed by atoms with van der Waals surface area (Å²) in [7, 11) is 0. The van der Waals surface area contributed by atoms with Crippen LogP contribution in [0, 0.1) is 5.92 Å². The van der Waals surface area contributed by atoms with Crippen LogP contribution in [0.2, 0.25) is 0 Å². The van der Waals surface area contributed by atoms with Crippen LogP contribution in [0.5, 0.6) is 5.75 Å². The molecule has 1 fully saturated rings. The SMILES string of the molecule is CC(C)Cc1ccc(O[C@H]2CCCOC2)cc1. The second-order valence-corrected chi connectivity index (χ2v) is 5.20. The van der Waals surface area contributed by atoms with Crippen LogP contribution in [0.3, 0.4) is 0 Å². The van der Waals surface area contributed by atoms with Crippen molar-refractivity contribution in [1.82, 2.24) is 0 Å². The summed E-state index contributed by atoms with van der Waals surface area (Å²) in [5.41, 5.74) is 1.38. The highest BCUT2D eigenvalue weighted by Crippen LogP contribution is 2.19. The van der Waals surface area contributed by atoms with E-state index in [1.807, 2.05) is 0 Å². The molecule has 1 aromatic rings. The van der Waals surface area contributed by atoms with E-state index in [0.717, 1.165) is 38.2 Å². The van der Waals surface area contributed by atoms with E-state index in [9.17, 15) is 0 Å². The van der Waals surface area contributed by atoms with Crippen molar-refractivity contribution in [3.8, 4) is 5.75 Å². The Hall–Kier alpha value is -1.02. The van der Waals surface area contributed by atoms with Crippen LogP contribution in [0.1, 0.15) is 32.3 Å². The third-order valence-electron chi connectivity index (χ3n) is 2.99. The molecule has 17 heavy (non-hydrogen) atoms. The van der Waals surface area contributed by atoms with E-state index in [-0.39, 0.29) is 6.10 Å². The fourth-order valence-corrected chi connectivity index (χ4v) is 2.17. The molecular formula is C15H22O2. The molecule has 0 N–H and O–H groups in total. The number of rotatable bonds is 4. The average molecular weight is 234 g/mol. The number of benzene rings is 1. The van der Waals surface area contributed by atoms with Crippen molar-refractivity contribution in [2.45, 2.75) is 39.2 Å². The summed E-state index contributed by atoms with van der Waals surface area (Å²) < 4.78 is 11.3. The zero-order chi connectivity index (χ0) is 12.1. The minimum Gasteiger partial charge on any atom is -0.488 e. The van der Waals surface area contributed by atoms with Gasteiger partial charge < -0.3 is 9.47 Å². The van der Waals surface area contributed by atoms with Gasteiger partial charge in [0.1, 0.15) is 11.9 Å². The molecule has 1 atom stereocenters. The van der Waals surface area contributed by atoms with Crippen molar-refractivity contribution in [3.05, 3.63) is 29.8 Å². The molecule has 1 heterocycles. The molecule has 2 rings (SSSR count). The summed E-state index contributed by atoms with van der Waals surface area (Å²) >= 11 is 0. The highest BCUT2D eigenvalue weighted by atomic mass is 16.5. The Morgan fingerprint density at radius 1 is 1.29 bits per heavy atom. The van der Waals surface area contributed by atoms with Gasteiger partial charge in [-0.05, 0) is 42.9 Å². The van der Waals surface area contributed by atoms with Crippen LogP contribution in [-0.4, -0.2) is 19.3 Å². The van der Waals surface area contributed by atoms with Crippen molar-refractivity contribution < 1.29 is 9.47 Å². The molecule has 2 nitrogen and oxygen atoms in total. The van der Waals surface area contributed by atoms with Crippen LogP contribution in [0.4, 0.5) is 0 Å². The lowest BCUT2D eigenvalue weighted by Gasteiger charge is -2.23. The van der Waals surface area contributed by atoms with Gasteiger partial charge in [0.15, 0.2) is 0 Å². The summed E-state index contributed by atoms with van der Waals surface area (Å²) in [4.78, 5) is 0. The lowest BCUT2D eigenvalue weighted by Crippen LogP contribution is -2.27. The predicted octanol–water partition coefficient (Wildman–Crippen LogP) is 3.44. The Balaban J connectivity index is 1.88. The van der Waals surface area contributed by atoms with Crippen LogP contribution < -0.4 is 4.74 Å². The molecule has 1 saturated heterocycles. The Kier molecular flexibility index (Phi) is 4.43. The van der Waals surface area contributed by atoms with Crippen molar-refractivity contribution >= 4 is 0 Å². The van der Waals surface area contributed by atoms with E-state index in [4.69, 9.17) is 9.47 Å². The molecular weight excluding hydrogens is 212 g/mol. The summed E-state index contributed by atoms with van der Waals surface area (Å²) in [6.45, 7) is 6.09. The van der Waals surface area contributed by atoms with Crippen LogP contribution in [-0.2, 0) is 11.2 Å². The van der Waals surface area contributed by atoms with Crippen molar-refractivity contribution in [2.75, 3.05) is 13.2 Å². The largest absolute Gasteiger partial charge is 0.488 e. The molecule has 0 bridgehead atoms. The van der Waals surface area contributed by atoms with Gasteiger partial charge in [0.25, 0.3) is 0 Å². The number of hydrogen-bond acceptors (Lipinski definition) is 2. The Morgan fingerprint density at radius 3 is 2.65 bits per heavy atom. The average Bonchev–Trinajstić information content (AvgIpc) is 2.32. The summed E-state index contributed by atoms with van der Waals surface area (Å²) in [5, 5.41) is 0. The standard InChI is InChI=1S/C15H22O2/c1-12(2)10-13-5-7-14(8-6-13)17-15-4-3-9-16-11-15/h5-8,12,15H,3-4,9-11H2,1-2H3/t15-/m0/s1. The summed E-state index contributed by atoms with van der Waals surface area (Å²) in [6, 6.07) is 8.48. The molecule has 0 unspecified atom stereocenters. The fourth-order valence-electron chi connectivity index (χ4n) is 2.17. The van der Waals surface area contributed by atoms with Crippen LogP contribution in [0.15, 0.2) is 24.3 Å². The van der Waals surface area contributed by atoms with E-state index in [0.29, 0.717) is 5.92 Å². The van der Waals surface area contributed by atoms with Gasteiger partial charge in [-0.15, -0.1) is 0 Å².